The van der Waals surface area contributed by atoms with E-state index < -0.39 is 0 Å². The Balaban J connectivity index is 1.68. The lowest BCUT2D eigenvalue weighted by Gasteiger charge is -2.28. The van der Waals surface area contributed by atoms with Crippen LogP contribution in [-0.2, 0) is 0 Å². The Labute approximate surface area is 229 Å². The average molecular weight is 531 g/mol. The first-order valence-corrected chi connectivity index (χ1v) is 13.2. The Morgan fingerprint density at radius 3 is 2.43 bits per heavy atom. The van der Waals surface area contributed by atoms with Crippen LogP contribution in [0.4, 0.5) is 5.69 Å². The maximum atomic E-state index is 6.41. The molecule has 1 N–H and O–H groups in total. The molecular weight excluding hydrogens is 500 g/mol. The molecule has 0 unspecified atom stereocenters. The molecule has 2 aromatic carbocycles. The van der Waals surface area contributed by atoms with Crippen LogP contribution in [0.5, 0.6) is 5.75 Å². The fraction of sp³-hybridized carbons (Fsp3) is 0.267. The van der Waals surface area contributed by atoms with E-state index in [1.54, 1.807) is 7.11 Å². The summed E-state index contributed by atoms with van der Waals surface area (Å²) in [5.41, 5.74) is 7.55. The van der Waals surface area contributed by atoms with Crippen molar-refractivity contribution in [2.45, 2.75) is 45.7 Å². The van der Waals surface area contributed by atoms with Crippen LogP contribution in [0.15, 0.2) is 72.9 Å². The molecule has 1 aliphatic rings. The van der Waals surface area contributed by atoms with E-state index in [9.17, 15) is 0 Å². The predicted molar refractivity (Wildman–Crippen MR) is 155 cm³/mol. The lowest BCUT2D eigenvalue weighted by Crippen LogP contribution is -2.29. The summed E-state index contributed by atoms with van der Waals surface area (Å²) in [6.45, 7) is 8.65. The van der Waals surface area contributed by atoms with E-state index in [4.69, 9.17) is 33.5 Å². The second-order valence-electron chi connectivity index (χ2n) is 9.72. The normalized spacial score (nSPS) is 17.4. The van der Waals surface area contributed by atoms with Gasteiger partial charge in [0, 0.05) is 28.3 Å². The first-order valence-electron chi connectivity index (χ1n) is 12.4. The van der Waals surface area contributed by atoms with E-state index in [0.29, 0.717) is 16.1 Å². The van der Waals surface area contributed by atoms with Gasteiger partial charge in [0.15, 0.2) is 5.11 Å². The number of nitrogens with zero attached hydrogens (tertiary/aromatic N) is 3. The largest absolute Gasteiger partial charge is 0.495 e. The number of ether oxygens (including phenoxy) is 1. The molecule has 0 saturated carbocycles. The third kappa shape index (κ3) is 4.60. The van der Waals surface area contributed by atoms with Crippen molar-refractivity contribution in [3.05, 3.63) is 106 Å². The summed E-state index contributed by atoms with van der Waals surface area (Å²) in [5, 5.41) is 4.91. The smallest absolute Gasteiger partial charge is 0.174 e. The van der Waals surface area contributed by atoms with Gasteiger partial charge < -0.3 is 19.5 Å². The molecule has 2 aromatic heterocycles. The van der Waals surface area contributed by atoms with Gasteiger partial charge in [-0.15, -0.1) is 0 Å². The second-order valence-corrected chi connectivity index (χ2v) is 10.5. The summed E-state index contributed by atoms with van der Waals surface area (Å²) >= 11 is 12.3. The van der Waals surface area contributed by atoms with Crippen LogP contribution >= 0.6 is 23.8 Å². The Morgan fingerprint density at radius 2 is 1.78 bits per heavy atom. The van der Waals surface area contributed by atoms with Gasteiger partial charge in [-0.25, -0.2) is 0 Å². The highest BCUT2D eigenvalue weighted by molar-refractivity contribution is 7.80. The Kier molecular flexibility index (Phi) is 6.97. The first kappa shape index (κ1) is 25.3. The quantitative estimate of drug-likeness (QED) is 0.262. The fourth-order valence-electron chi connectivity index (χ4n) is 5.26. The van der Waals surface area contributed by atoms with E-state index >= 15 is 0 Å². The van der Waals surface area contributed by atoms with Gasteiger partial charge in [0.2, 0.25) is 0 Å². The minimum atomic E-state index is -0.117. The molecule has 5 nitrogen and oxygen atoms in total. The van der Waals surface area contributed by atoms with Gasteiger partial charge in [0.05, 0.1) is 30.6 Å². The van der Waals surface area contributed by atoms with E-state index in [2.05, 4.69) is 78.9 Å². The van der Waals surface area contributed by atoms with Crippen molar-refractivity contribution in [3.63, 3.8) is 0 Å². The lowest BCUT2D eigenvalue weighted by atomic mass is 9.96. The second kappa shape index (κ2) is 10.2. The highest BCUT2D eigenvalue weighted by Crippen LogP contribution is 2.44. The van der Waals surface area contributed by atoms with E-state index in [-0.39, 0.29) is 12.1 Å². The van der Waals surface area contributed by atoms with Crippen LogP contribution in [0.2, 0.25) is 5.02 Å². The number of hydrogen-bond donors (Lipinski definition) is 1. The van der Waals surface area contributed by atoms with Gasteiger partial charge in [0.1, 0.15) is 5.75 Å². The number of thiocarbonyl (C=S) groups is 1. The van der Waals surface area contributed by atoms with E-state index in [0.717, 1.165) is 39.8 Å². The SMILES string of the molecule is COc1ccc(Cl)cc1-n1c(C)cc([C@H]2[C@H](c3ccccn3)NC(=S)N2c2ccc(C(C)C)cc2)c1C. The molecule has 7 heteroatoms. The summed E-state index contributed by atoms with van der Waals surface area (Å²) in [4.78, 5) is 6.92. The third-order valence-corrected chi connectivity index (χ3v) is 7.66. The average Bonchev–Trinajstić information content (AvgIpc) is 3.39. The standard InChI is InChI=1S/C30H31ClN4OS/c1-18(2)21-9-12-23(13-10-21)35-29(28(33-30(35)37)25-8-6-7-15-32-25)24-16-19(3)34(20(24)4)26-17-22(31)11-14-27(26)36-5/h6-18,28-29H,1-5H3,(H,33,37)/t28-,29-/m0/s1. The summed E-state index contributed by atoms with van der Waals surface area (Å²) in [5.74, 6) is 1.22. The Bertz CT molecular complexity index is 1430. The van der Waals surface area contributed by atoms with Crippen molar-refractivity contribution >= 4 is 34.6 Å². The van der Waals surface area contributed by atoms with Gasteiger partial charge in [-0.1, -0.05) is 43.6 Å². The van der Waals surface area contributed by atoms with Gasteiger partial charge >= 0.3 is 0 Å². The number of anilines is 1. The van der Waals surface area contributed by atoms with Crippen LogP contribution in [0.3, 0.4) is 0 Å². The van der Waals surface area contributed by atoms with E-state index in [1.807, 2.05) is 36.5 Å². The number of rotatable bonds is 6. The number of methoxy groups -OCH3 is 1. The highest BCUT2D eigenvalue weighted by atomic mass is 35.5. The molecule has 1 fully saturated rings. The molecule has 37 heavy (non-hydrogen) atoms. The molecule has 3 heterocycles. The van der Waals surface area contributed by atoms with Gasteiger partial charge in [-0.3, -0.25) is 4.98 Å². The molecular formula is C30H31ClN4OS. The van der Waals surface area contributed by atoms with Crippen molar-refractivity contribution in [2.24, 2.45) is 0 Å². The summed E-state index contributed by atoms with van der Waals surface area (Å²) in [6.07, 6.45) is 1.83. The monoisotopic (exact) mass is 530 g/mol. The van der Waals surface area contributed by atoms with Gasteiger partial charge in [-0.05, 0) is 91.6 Å². The van der Waals surface area contributed by atoms with Crippen LogP contribution in [-0.4, -0.2) is 21.8 Å². The summed E-state index contributed by atoms with van der Waals surface area (Å²) < 4.78 is 7.90. The number of halogens is 1. The van der Waals surface area contributed by atoms with Crippen molar-refractivity contribution < 1.29 is 4.74 Å². The zero-order valence-corrected chi connectivity index (χ0v) is 23.3. The van der Waals surface area contributed by atoms with Gasteiger partial charge in [0.25, 0.3) is 0 Å². The molecule has 1 saturated heterocycles. The molecule has 0 bridgehead atoms. The topological polar surface area (TPSA) is 42.3 Å². The van der Waals surface area contributed by atoms with Crippen LogP contribution < -0.4 is 15.0 Å². The minimum absolute atomic E-state index is 0.0996. The van der Waals surface area contributed by atoms with Crippen LogP contribution in [0.1, 0.15) is 60.1 Å². The number of aromatic nitrogens is 2. The molecule has 190 valence electrons. The molecule has 0 amide bonds. The lowest BCUT2D eigenvalue weighted by molar-refractivity contribution is 0.412. The van der Waals surface area contributed by atoms with Crippen molar-refractivity contribution in [1.29, 1.82) is 0 Å². The van der Waals surface area contributed by atoms with Gasteiger partial charge in [-0.2, -0.15) is 0 Å². The molecule has 5 rings (SSSR count). The molecule has 0 spiro atoms. The Morgan fingerprint density at radius 1 is 1.03 bits per heavy atom. The number of hydrogen-bond acceptors (Lipinski definition) is 3. The van der Waals surface area contributed by atoms with Crippen LogP contribution in [0, 0.1) is 13.8 Å². The highest BCUT2D eigenvalue weighted by Gasteiger charge is 2.42. The van der Waals surface area contributed by atoms with Crippen molar-refractivity contribution in [2.75, 3.05) is 12.0 Å². The van der Waals surface area contributed by atoms with Crippen molar-refractivity contribution in [1.82, 2.24) is 14.9 Å². The van der Waals surface area contributed by atoms with E-state index in [1.165, 1.54) is 5.56 Å². The zero-order valence-electron chi connectivity index (χ0n) is 21.7. The predicted octanol–water partition coefficient (Wildman–Crippen LogP) is 7.45. The number of aryl methyl sites for hydroxylation is 1. The number of pyridine rings is 1. The molecule has 0 aliphatic carbocycles. The first-order chi connectivity index (χ1) is 17.8. The summed E-state index contributed by atoms with van der Waals surface area (Å²) in [6, 6.07) is 22.4. The Hall–Kier alpha value is -3.35. The third-order valence-electron chi connectivity index (χ3n) is 7.11. The zero-order chi connectivity index (χ0) is 26.3. The number of nitrogens with one attached hydrogen (secondary N) is 1. The number of benzene rings is 2. The summed E-state index contributed by atoms with van der Waals surface area (Å²) in [7, 11) is 1.68. The maximum Gasteiger partial charge on any atom is 0.174 e. The minimum Gasteiger partial charge on any atom is -0.495 e. The molecule has 2 atom stereocenters. The molecule has 4 aromatic rings. The van der Waals surface area contributed by atoms with Crippen molar-refractivity contribution in [3.8, 4) is 11.4 Å². The van der Waals surface area contributed by atoms with Crippen LogP contribution in [0.25, 0.3) is 5.69 Å². The fourth-order valence-corrected chi connectivity index (χ4v) is 5.78. The molecule has 1 aliphatic heterocycles. The molecule has 0 radical (unpaired) electrons. The maximum absolute atomic E-state index is 6.41.